The number of nitrogens with zero attached hydrogens (tertiary/aromatic N) is 3. The van der Waals surface area contributed by atoms with Gasteiger partial charge in [-0.2, -0.15) is 0 Å². The van der Waals surface area contributed by atoms with Gasteiger partial charge < -0.3 is 0 Å². The summed E-state index contributed by atoms with van der Waals surface area (Å²) in [6.07, 6.45) is 1.67. The van der Waals surface area contributed by atoms with Gasteiger partial charge in [0.25, 0.3) is 0 Å². The molecule has 1 aromatic carbocycles. The molecule has 2 aromatic heterocycles. The molecule has 0 fully saturated rings. The number of hydrogen-bond acceptors (Lipinski definition) is 3. The highest BCUT2D eigenvalue weighted by molar-refractivity contribution is 7.71. The molecule has 0 aliphatic carbocycles. The molecule has 4 nitrogen and oxygen atoms in total. The molecule has 0 atom stereocenters. The summed E-state index contributed by atoms with van der Waals surface area (Å²) in [5.41, 5.74) is 1.23. The van der Waals surface area contributed by atoms with Crippen molar-refractivity contribution < 1.29 is 0 Å². The minimum Gasteiger partial charge on any atom is -0.284 e. The molecule has 0 radical (unpaired) electrons. The first-order valence-corrected chi connectivity index (χ1v) is 6.81. The predicted octanol–water partition coefficient (Wildman–Crippen LogP) is 2.94. The van der Waals surface area contributed by atoms with Crippen LogP contribution in [0.5, 0.6) is 0 Å². The summed E-state index contributed by atoms with van der Waals surface area (Å²) in [4.78, 5) is 17.0. The van der Waals surface area contributed by atoms with E-state index >= 15 is 0 Å². The normalized spacial score (nSPS) is 10.8. The van der Waals surface area contributed by atoms with E-state index in [1.807, 2.05) is 49.4 Å². The van der Waals surface area contributed by atoms with Gasteiger partial charge in [0.05, 0.1) is 11.1 Å². The lowest BCUT2D eigenvalue weighted by atomic mass is 10.3. The molecular weight excluding hydrogens is 270 g/mol. The largest absolute Gasteiger partial charge is 0.335 e. The molecule has 0 aliphatic rings. The molecule has 0 saturated carbocycles. The van der Waals surface area contributed by atoms with Crippen molar-refractivity contribution >= 4 is 23.3 Å². The molecule has 0 saturated heterocycles. The van der Waals surface area contributed by atoms with E-state index in [9.17, 15) is 4.79 Å². The van der Waals surface area contributed by atoms with Crippen LogP contribution in [0.4, 0.5) is 0 Å². The van der Waals surface area contributed by atoms with Gasteiger partial charge in [-0.25, -0.2) is 14.3 Å². The van der Waals surface area contributed by atoms with E-state index in [4.69, 9.17) is 12.2 Å². The van der Waals surface area contributed by atoms with Gasteiger partial charge in [0.1, 0.15) is 4.64 Å². The number of para-hydroxylation sites is 1. The van der Waals surface area contributed by atoms with Gasteiger partial charge in [0.2, 0.25) is 0 Å². The van der Waals surface area contributed by atoms with Crippen LogP contribution in [0.15, 0.2) is 53.5 Å². The lowest BCUT2D eigenvalue weighted by Gasteiger charge is -2.13. The van der Waals surface area contributed by atoms with Crippen LogP contribution in [0, 0.1) is 4.64 Å². The van der Waals surface area contributed by atoms with E-state index in [2.05, 4.69) is 4.98 Å². The van der Waals surface area contributed by atoms with Crippen molar-refractivity contribution in [2.45, 2.75) is 13.5 Å². The zero-order chi connectivity index (χ0) is 14.1. The topological polar surface area (TPSA) is 39.8 Å². The first-order chi connectivity index (χ1) is 9.74. The maximum absolute atomic E-state index is 12.7. The maximum atomic E-state index is 12.7. The third kappa shape index (κ3) is 1.87. The monoisotopic (exact) mass is 283 g/mol. The van der Waals surface area contributed by atoms with Crippen LogP contribution in [0.3, 0.4) is 0 Å². The zero-order valence-electron chi connectivity index (χ0n) is 11.0. The first kappa shape index (κ1) is 12.7. The number of hydrogen-bond donors (Lipinski definition) is 0. The van der Waals surface area contributed by atoms with E-state index < -0.39 is 0 Å². The van der Waals surface area contributed by atoms with Gasteiger partial charge in [-0.1, -0.05) is 30.4 Å². The molecule has 3 rings (SSSR count). The van der Waals surface area contributed by atoms with Gasteiger partial charge >= 0.3 is 5.69 Å². The standard InChI is InChI=1S/C15H13N3OS/c1-2-17-14(20)12-9-6-10-16-13(12)18(15(17)19)11-7-4-3-5-8-11/h3-10H,2H2,1H3. The number of aromatic nitrogens is 3. The maximum Gasteiger partial charge on any atom is 0.335 e. The van der Waals surface area contributed by atoms with Gasteiger partial charge in [-0.15, -0.1) is 0 Å². The Balaban J connectivity index is 2.54. The Morgan fingerprint density at radius 3 is 2.60 bits per heavy atom. The summed E-state index contributed by atoms with van der Waals surface area (Å²) >= 11 is 5.40. The van der Waals surface area contributed by atoms with Crippen molar-refractivity contribution in [1.82, 2.24) is 14.1 Å². The Labute approximate surface area is 120 Å². The Morgan fingerprint density at radius 1 is 1.15 bits per heavy atom. The van der Waals surface area contributed by atoms with E-state index in [1.165, 1.54) is 0 Å². The Hall–Kier alpha value is -2.27. The Kier molecular flexibility index (Phi) is 3.20. The predicted molar refractivity (Wildman–Crippen MR) is 81.8 cm³/mol. The molecule has 5 heteroatoms. The van der Waals surface area contributed by atoms with Crippen molar-refractivity contribution in [2.24, 2.45) is 0 Å². The summed E-state index contributed by atoms with van der Waals surface area (Å²) in [6, 6.07) is 13.2. The third-order valence-electron chi connectivity index (χ3n) is 3.23. The van der Waals surface area contributed by atoms with Crippen LogP contribution in [0.2, 0.25) is 0 Å². The Morgan fingerprint density at radius 2 is 1.90 bits per heavy atom. The minimum atomic E-state index is -0.157. The number of pyridine rings is 1. The number of fused-ring (bicyclic) bond motifs is 1. The van der Waals surface area contributed by atoms with Crippen LogP contribution >= 0.6 is 12.2 Å². The van der Waals surface area contributed by atoms with Gasteiger partial charge in [0, 0.05) is 12.7 Å². The molecule has 0 bridgehead atoms. The Bertz CT molecular complexity index is 881. The molecule has 0 spiro atoms. The van der Waals surface area contributed by atoms with Crippen LogP contribution < -0.4 is 5.69 Å². The molecule has 0 unspecified atom stereocenters. The summed E-state index contributed by atoms with van der Waals surface area (Å²) in [5, 5.41) is 0.813. The van der Waals surface area contributed by atoms with Crippen molar-refractivity contribution in [3.05, 3.63) is 63.8 Å². The number of benzene rings is 1. The van der Waals surface area contributed by atoms with Gasteiger partial charge in [-0.3, -0.25) is 4.57 Å². The van der Waals surface area contributed by atoms with Crippen LogP contribution in [0.1, 0.15) is 6.92 Å². The third-order valence-corrected chi connectivity index (χ3v) is 3.67. The average Bonchev–Trinajstić information content (AvgIpc) is 2.49. The summed E-state index contributed by atoms with van der Waals surface area (Å²) in [5.74, 6) is 0. The fourth-order valence-corrected chi connectivity index (χ4v) is 2.64. The van der Waals surface area contributed by atoms with Crippen molar-refractivity contribution in [3.63, 3.8) is 0 Å². The number of rotatable bonds is 2. The molecule has 3 aromatic rings. The molecule has 20 heavy (non-hydrogen) atoms. The molecule has 0 N–H and O–H groups in total. The highest BCUT2D eigenvalue weighted by Crippen LogP contribution is 2.15. The smallest absolute Gasteiger partial charge is 0.284 e. The van der Waals surface area contributed by atoms with E-state index in [0.29, 0.717) is 16.8 Å². The van der Waals surface area contributed by atoms with E-state index in [0.717, 1.165) is 11.1 Å². The van der Waals surface area contributed by atoms with Crippen molar-refractivity contribution in [1.29, 1.82) is 0 Å². The molecule has 2 heterocycles. The van der Waals surface area contributed by atoms with E-state index in [-0.39, 0.29) is 5.69 Å². The second kappa shape index (κ2) is 5.02. The quantitative estimate of drug-likeness (QED) is 0.679. The zero-order valence-corrected chi connectivity index (χ0v) is 11.8. The van der Waals surface area contributed by atoms with Crippen LogP contribution in [-0.4, -0.2) is 14.1 Å². The van der Waals surface area contributed by atoms with Gasteiger partial charge in [-0.05, 0) is 31.2 Å². The second-order valence-electron chi connectivity index (χ2n) is 4.38. The SMILES string of the molecule is CCn1c(=S)c2cccnc2n(-c2ccccc2)c1=O. The summed E-state index contributed by atoms with van der Waals surface area (Å²) in [7, 11) is 0. The summed E-state index contributed by atoms with van der Waals surface area (Å²) < 4.78 is 3.73. The van der Waals surface area contributed by atoms with Crippen molar-refractivity contribution in [3.8, 4) is 5.69 Å². The lowest BCUT2D eigenvalue weighted by molar-refractivity contribution is 0.673. The average molecular weight is 283 g/mol. The summed E-state index contributed by atoms with van der Waals surface area (Å²) in [6.45, 7) is 2.45. The van der Waals surface area contributed by atoms with Gasteiger partial charge in [0.15, 0.2) is 5.65 Å². The van der Waals surface area contributed by atoms with Crippen LogP contribution in [-0.2, 0) is 6.54 Å². The fraction of sp³-hybridized carbons (Fsp3) is 0.133. The molecule has 0 amide bonds. The first-order valence-electron chi connectivity index (χ1n) is 6.40. The molecule has 0 aliphatic heterocycles. The highest BCUT2D eigenvalue weighted by atomic mass is 32.1. The van der Waals surface area contributed by atoms with E-state index in [1.54, 1.807) is 15.3 Å². The highest BCUT2D eigenvalue weighted by Gasteiger charge is 2.11. The minimum absolute atomic E-state index is 0.157. The van der Waals surface area contributed by atoms with Crippen molar-refractivity contribution in [2.75, 3.05) is 0 Å². The molecule has 100 valence electrons. The lowest BCUT2D eigenvalue weighted by Crippen LogP contribution is -2.30. The molecular formula is C15H13N3OS. The fourth-order valence-electron chi connectivity index (χ4n) is 2.27. The van der Waals surface area contributed by atoms with Crippen LogP contribution in [0.25, 0.3) is 16.7 Å². The second-order valence-corrected chi connectivity index (χ2v) is 4.76.